The number of aliphatic hydroxyl groups is 1. The monoisotopic (exact) mass is 302 g/mol. The molecule has 1 unspecified atom stereocenters. The molecule has 3 N–H and O–H groups in total. The van der Waals surface area contributed by atoms with Gasteiger partial charge < -0.3 is 20.5 Å². The second kappa shape index (κ2) is 8.41. The summed E-state index contributed by atoms with van der Waals surface area (Å²) in [6, 6.07) is 5.25. The number of urea groups is 1. The smallest absolute Gasteiger partial charge is 0.387 e. The first-order chi connectivity index (χ1) is 9.88. The van der Waals surface area contributed by atoms with E-state index in [-0.39, 0.29) is 18.3 Å². The van der Waals surface area contributed by atoms with Gasteiger partial charge in [-0.2, -0.15) is 8.78 Å². The number of ether oxygens (including phenoxy) is 1. The van der Waals surface area contributed by atoms with Crippen LogP contribution in [0.1, 0.15) is 25.5 Å². The van der Waals surface area contributed by atoms with E-state index in [1.807, 2.05) is 13.8 Å². The molecule has 0 radical (unpaired) electrons. The molecule has 5 nitrogen and oxygen atoms in total. The van der Waals surface area contributed by atoms with E-state index in [1.54, 1.807) is 0 Å². The fourth-order valence-corrected chi connectivity index (χ4v) is 1.54. The van der Waals surface area contributed by atoms with Crippen molar-refractivity contribution in [3.8, 4) is 5.75 Å². The Morgan fingerprint density at radius 3 is 2.29 bits per heavy atom. The zero-order valence-electron chi connectivity index (χ0n) is 12.0. The average Bonchev–Trinajstić information content (AvgIpc) is 2.42. The molecule has 0 aromatic heterocycles. The number of halogens is 2. The number of alkyl halides is 2. The topological polar surface area (TPSA) is 70.6 Å². The highest BCUT2D eigenvalue weighted by Gasteiger charge is 2.10. The number of hydrogen-bond donors (Lipinski definition) is 3. The van der Waals surface area contributed by atoms with Gasteiger partial charge in [0.15, 0.2) is 0 Å². The largest absolute Gasteiger partial charge is 0.435 e. The summed E-state index contributed by atoms with van der Waals surface area (Å²) in [5.41, 5.74) is 0.501. The van der Waals surface area contributed by atoms with E-state index in [9.17, 15) is 18.7 Å². The SMILES string of the molecule is CC(C)CNC(=O)NCC(O)c1ccc(OC(F)F)cc1. The molecule has 1 rings (SSSR count). The van der Waals surface area contributed by atoms with Gasteiger partial charge in [0.1, 0.15) is 5.75 Å². The zero-order chi connectivity index (χ0) is 15.8. The van der Waals surface area contributed by atoms with E-state index in [2.05, 4.69) is 15.4 Å². The van der Waals surface area contributed by atoms with Crippen molar-refractivity contribution < 1.29 is 23.4 Å². The van der Waals surface area contributed by atoms with Crippen LogP contribution in [-0.2, 0) is 0 Å². The maximum Gasteiger partial charge on any atom is 0.387 e. The molecular weight excluding hydrogens is 282 g/mol. The van der Waals surface area contributed by atoms with Crippen LogP contribution in [0.3, 0.4) is 0 Å². The second-order valence-corrected chi connectivity index (χ2v) is 4.95. The molecule has 118 valence electrons. The summed E-state index contributed by atoms with van der Waals surface area (Å²) >= 11 is 0. The minimum absolute atomic E-state index is 0.0172. The lowest BCUT2D eigenvalue weighted by atomic mass is 10.1. The Kier molecular flexibility index (Phi) is 6.87. The van der Waals surface area contributed by atoms with Crippen molar-refractivity contribution in [3.05, 3.63) is 29.8 Å². The molecule has 0 heterocycles. The Morgan fingerprint density at radius 1 is 1.19 bits per heavy atom. The quantitative estimate of drug-likeness (QED) is 0.723. The van der Waals surface area contributed by atoms with Gasteiger partial charge in [0.25, 0.3) is 0 Å². The van der Waals surface area contributed by atoms with Gasteiger partial charge >= 0.3 is 12.6 Å². The van der Waals surface area contributed by atoms with Crippen LogP contribution < -0.4 is 15.4 Å². The lowest BCUT2D eigenvalue weighted by molar-refractivity contribution is -0.0498. The van der Waals surface area contributed by atoms with Crippen molar-refractivity contribution in [2.45, 2.75) is 26.6 Å². The minimum Gasteiger partial charge on any atom is -0.435 e. The normalized spacial score (nSPS) is 12.3. The van der Waals surface area contributed by atoms with Gasteiger partial charge in [-0.05, 0) is 23.6 Å². The van der Waals surface area contributed by atoms with Crippen LogP contribution in [0.15, 0.2) is 24.3 Å². The van der Waals surface area contributed by atoms with Gasteiger partial charge in [0, 0.05) is 13.1 Å². The first kappa shape index (κ1) is 17.2. The summed E-state index contributed by atoms with van der Waals surface area (Å²) in [7, 11) is 0. The number of hydrogen-bond acceptors (Lipinski definition) is 3. The van der Waals surface area contributed by atoms with E-state index in [4.69, 9.17) is 0 Å². The summed E-state index contributed by atoms with van der Waals surface area (Å²) in [4.78, 5) is 11.4. The van der Waals surface area contributed by atoms with Crippen molar-refractivity contribution in [1.82, 2.24) is 10.6 Å². The van der Waals surface area contributed by atoms with E-state index in [1.165, 1.54) is 24.3 Å². The first-order valence-corrected chi connectivity index (χ1v) is 6.63. The molecule has 0 aliphatic carbocycles. The van der Waals surface area contributed by atoms with Gasteiger partial charge in [0.05, 0.1) is 6.10 Å². The number of amides is 2. The lowest BCUT2D eigenvalue weighted by Gasteiger charge is -2.14. The Bertz CT molecular complexity index is 438. The lowest BCUT2D eigenvalue weighted by Crippen LogP contribution is -2.39. The van der Waals surface area contributed by atoms with Gasteiger partial charge in [-0.1, -0.05) is 26.0 Å². The molecule has 0 fully saturated rings. The van der Waals surface area contributed by atoms with Crippen molar-refractivity contribution in [3.63, 3.8) is 0 Å². The predicted octanol–water partition coefficient (Wildman–Crippen LogP) is 2.28. The fraction of sp³-hybridized carbons (Fsp3) is 0.500. The maximum absolute atomic E-state index is 12.0. The number of rotatable bonds is 7. The molecule has 0 aliphatic heterocycles. The van der Waals surface area contributed by atoms with E-state index in [0.29, 0.717) is 18.0 Å². The highest BCUT2D eigenvalue weighted by Crippen LogP contribution is 2.18. The maximum atomic E-state index is 12.0. The molecule has 1 aromatic rings. The first-order valence-electron chi connectivity index (χ1n) is 6.63. The summed E-state index contributed by atoms with van der Waals surface area (Å²) in [6.07, 6.45) is -0.921. The predicted molar refractivity (Wildman–Crippen MR) is 74.3 cm³/mol. The number of benzene rings is 1. The second-order valence-electron chi connectivity index (χ2n) is 4.95. The molecule has 1 aromatic carbocycles. The third-order valence-electron chi connectivity index (χ3n) is 2.62. The standard InChI is InChI=1S/C14H20F2N2O3/c1-9(2)7-17-14(20)18-8-12(19)10-3-5-11(6-4-10)21-13(15)16/h3-6,9,12-13,19H,7-8H2,1-2H3,(H2,17,18,20). The molecule has 21 heavy (non-hydrogen) atoms. The van der Waals surface area contributed by atoms with Gasteiger partial charge in [-0.15, -0.1) is 0 Å². The molecule has 7 heteroatoms. The van der Waals surface area contributed by atoms with Crippen molar-refractivity contribution in [2.24, 2.45) is 5.92 Å². The number of carbonyl (C=O) groups excluding carboxylic acids is 1. The molecule has 0 spiro atoms. The number of nitrogens with one attached hydrogen (secondary N) is 2. The third kappa shape index (κ3) is 6.89. The Balaban J connectivity index is 2.41. The third-order valence-corrected chi connectivity index (χ3v) is 2.62. The molecule has 1 atom stereocenters. The molecule has 0 bridgehead atoms. The number of aliphatic hydroxyl groups excluding tert-OH is 1. The average molecular weight is 302 g/mol. The van der Waals surface area contributed by atoms with Crippen LogP contribution in [0, 0.1) is 5.92 Å². The Morgan fingerprint density at radius 2 is 1.76 bits per heavy atom. The van der Waals surface area contributed by atoms with Crippen molar-refractivity contribution >= 4 is 6.03 Å². The molecular formula is C14H20F2N2O3. The summed E-state index contributed by atoms with van der Waals surface area (Å²) in [6.45, 7) is 1.63. The molecule has 0 saturated carbocycles. The van der Waals surface area contributed by atoms with Crippen LogP contribution in [-0.4, -0.2) is 30.8 Å². The highest BCUT2D eigenvalue weighted by molar-refractivity contribution is 5.73. The minimum atomic E-state index is -2.88. The van der Waals surface area contributed by atoms with Gasteiger partial charge in [0.2, 0.25) is 0 Å². The summed E-state index contributed by atoms with van der Waals surface area (Å²) in [5.74, 6) is 0.353. The highest BCUT2D eigenvalue weighted by atomic mass is 19.3. The number of carbonyl (C=O) groups is 1. The van der Waals surface area contributed by atoms with Crippen molar-refractivity contribution in [2.75, 3.05) is 13.1 Å². The van der Waals surface area contributed by atoms with E-state index < -0.39 is 12.7 Å². The zero-order valence-corrected chi connectivity index (χ0v) is 12.0. The molecule has 0 aliphatic rings. The van der Waals surface area contributed by atoms with Gasteiger partial charge in [-0.25, -0.2) is 4.79 Å². The van der Waals surface area contributed by atoms with Crippen LogP contribution in [0.2, 0.25) is 0 Å². The van der Waals surface area contributed by atoms with Crippen LogP contribution in [0.5, 0.6) is 5.75 Å². The van der Waals surface area contributed by atoms with Crippen LogP contribution >= 0.6 is 0 Å². The van der Waals surface area contributed by atoms with Crippen LogP contribution in [0.4, 0.5) is 13.6 Å². The Labute approximate surface area is 122 Å². The summed E-state index contributed by atoms with van der Waals surface area (Å²) < 4.78 is 28.2. The van der Waals surface area contributed by atoms with Crippen molar-refractivity contribution in [1.29, 1.82) is 0 Å². The van der Waals surface area contributed by atoms with E-state index in [0.717, 1.165) is 0 Å². The Hall–Kier alpha value is -1.89. The van der Waals surface area contributed by atoms with Gasteiger partial charge in [-0.3, -0.25) is 0 Å². The van der Waals surface area contributed by atoms with E-state index >= 15 is 0 Å². The fourth-order valence-electron chi connectivity index (χ4n) is 1.54. The van der Waals surface area contributed by atoms with Crippen LogP contribution in [0.25, 0.3) is 0 Å². The molecule has 0 saturated heterocycles. The molecule has 2 amide bonds. The summed E-state index contributed by atoms with van der Waals surface area (Å²) in [5, 5.41) is 15.1.